The Labute approximate surface area is 105 Å². The Balaban J connectivity index is 1.96. The van der Waals surface area contributed by atoms with Crippen LogP contribution in [0, 0.1) is 0 Å². The molecule has 0 radical (unpaired) electrons. The van der Waals surface area contributed by atoms with Crippen LogP contribution in [-0.2, 0) is 6.42 Å². The van der Waals surface area contributed by atoms with E-state index in [0.717, 1.165) is 24.0 Å². The molecule has 0 saturated carbocycles. The lowest BCUT2D eigenvalue weighted by atomic mass is 10.1. The molecule has 1 aromatic carbocycles. The molecule has 2 aromatic heterocycles. The van der Waals surface area contributed by atoms with Gasteiger partial charge in [-0.3, -0.25) is 4.79 Å². The van der Waals surface area contributed by atoms with E-state index in [1.165, 1.54) is 5.56 Å². The average Bonchev–Trinajstić information content (AvgIpc) is 2.80. The van der Waals surface area contributed by atoms with Gasteiger partial charge in [0.25, 0.3) is 0 Å². The van der Waals surface area contributed by atoms with Crippen molar-refractivity contribution in [1.82, 2.24) is 9.38 Å². The third-order valence-corrected chi connectivity index (χ3v) is 2.90. The van der Waals surface area contributed by atoms with Gasteiger partial charge >= 0.3 is 0 Å². The van der Waals surface area contributed by atoms with Crippen molar-refractivity contribution >= 4 is 11.9 Å². The number of aromatic nitrogens is 2. The first-order valence-electron chi connectivity index (χ1n) is 5.82. The lowest BCUT2D eigenvalue weighted by Gasteiger charge is -1.95. The summed E-state index contributed by atoms with van der Waals surface area (Å²) < 4.78 is 1.94. The van der Waals surface area contributed by atoms with Gasteiger partial charge in [-0.25, -0.2) is 4.98 Å². The highest BCUT2D eigenvalue weighted by Crippen LogP contribution is 2.11. The summed E-state index contributed by atoms with van der Waals surface area (Å²) in [5.74, 6) is 0. The number of rotatable bonds is 3. The second kappa shape index (κ2) is 4.45. The quantitative estimate of drug-likeness (QED) is 0.655. The Hall–Kier alpha value is -2.42. The largest absolute Gasteiger partial charge is 0.307 e. The summed E-state index contributed by atoms with van der Waals surface area (Å²) in [5.41, 5.74) is 3.70. The molecule has 3 rings (SSSR count). The van der Waals surface area contributed by atoms with Crippen molar-refractivity contribution in [1.29, 1.82) is 0 Å². The van der Waals surface area contributed by atoms with Crippen LogP contribution in [0.4, 0.5) is 0 Å². The van der Waals surface area contributed by atoms with E-state index >= 15 is 0 Å². The predicted molar refractivity (Wildman–Crippen MR) is 69.8 cm³/mol. The highest BCUT2D eigenvalue weighted by atomic mass is 16.1. The number of carbonyl (C=O) groups is 1. The molecule has 0 unspecified atom stereocenters. The molecule has 0 bridgehead atoms. The minimum absolute atomic E-state index is 0.652. The van der Waals surface area contributed by atoms with Crippen LogP contribution < -0.4 is 0 Å². The van der Waals surface area contributed by atoms with Gasteiger partial charge in [-0.05, 0) is 17.7 Å². The van der Waals surface area contributed by atoms with E-state index in [4.69, 9.17) is 0 Å². The molecule has 0 aliphatic heterocycles. The molecule has 0 aliphatic rings. The Morgan fingerprint density at radius 2 is 2.00 bits per heavy atom. The van der Waals surface area contributed by atoms with Crippen LogP contribution >= 0.6 is 0 Å². The molecular formula is C15H12N2O. The number of hydrogen-bond donors (Lipinski definition) is 0. The fraction of sp³-hybridized carbons (Fsp3) is 0.0667. The van der Waals surface area contributed by atoms with Crippen LogP contribution in [0.2, 0.25) is 0 Å². The topological polar surface area (TPSA) is 34.4 Å². The van der Waals surface area contributed by atoms with Crippen molar-refractivity contribution < 1.29 is 4.79 Å². The molecule has 3 heteroatoms. The van der Waals surface area contributed by atoms with Gasteiger partial charge in [0.2, 0.25) is 0 Å². The molecule has 0 amide bonds. The number of aldehydes is 1. The third-order valence-electron chi connectivity index (χ3n) is 2.90. The number of nitrogens with zero attached hydrogens (tertiary/aromatic N) is 2. The molecule has 0 spiro atoms. The molecule has 0 fully saturated rings. The summed E-state index contributed by atoms with van der Waals surface area (Å²) in [6.07, 6.45) is 5.50. The molecule has 3 nitrogen and oxygen atoms in total. The van der Waals surface area contributed by atoms with Crippen molar-refractivity contribution in [3.8, 4) is 0 Å². The summed E-state index contributed by atoms with van der Waals surface area (Å²) in [4.78, 5) is 15.2. The van der Waals surface area contributed by atoms with Crippen LogP contribution in [0.15, 0.2) is 54.9 Å². The van der Waals surface area contributed by atoms with E-state index in [0.29, 0.717) is 5.56 Å². The second-order valence-electron chi connectivity index (χ2n) is 4.24. The fourth-order valence-electron chi connectivity index (χ4n) is 2.01. The van der Waals surface area contributed by atoms with Gasteiger partial charge in [0.15, 0.2) is 0 Å². The minimum Gasteiger partial charge on any atom is -0.307 e. The second-order valence-corrected chi connectivity index (χ2v) is 4.24. The molecular weight excluding hydrogens is 224 g/mol. The fourth-order valence-corrected chi connectivity index (χ4v) is 2.01. The van der Waals surface area contributed by atoms with E-state index in [9.17, 15) is 4.79 Å². The van der Waals surface area contributed by atoms with Crippen molar-refractivity contribution in [2.24, 2.45) is 0 Å². The highest BCUT2D eigenvalue weighted by molar-refractivity contribution is 5.76. The van der Waals surface area contributed by atoms with E-state index in [-0.39, 0.29) is 0 Å². The summed E-state index contributed by atoms with van der Waals surface area (Å²) in [6, 6.07) is 13.8. The first-order chi connectivity index (χ1) is 8.85. The lowest BCUT2D eigenvalue weighted by Crippen LogP contribution is -1.86. The van der Waals surface area contributed by atoms with Gasteiger partial charge in [0.05, 0.1) is 5.69 Å². The number of fused-ring (bicyclic) bond motifs is 1. The Morgan fingerprint density at radius 1 is 1.17 bits per heavy atom. The maximum atomic E-state index is 10.7. The lowest BCUT2D eigenvalue weighted by molar-refractivity contribution is 0.112. The summed E-state index contributed by atoms with van der Waals surface area (Å²) in [5, 5.41) is 0. The minimum atomic E-state index is 0.652. The Bertz CT molecular complexity index is 686. The van der Waals surface area contributed by atoms with Crippen LogP contribution in [0.25, 0.3) is 5.65 Å². The standard InChI is InChI=1S/C15H12N2O/c18-11-13-6-7-17-10-14(16-15(17)9-13)8-12-4-2-1-3-5-12/h1-7,9-11H,8H2. The van der Waals surface area contributed by atoms with E-state index in [2.05, 4.69) is 17.1 Å². The zero-order valence-electron chi connectivity index (χ0n) is 9.78. The van der Waals surface area contributed by atoms with Gasteiger partial charge in [-0.15, -0.1) is 0 Å². The van der Waals surface area contributed by atoms with E-state index in [1.807, 2.05) is 35.0 Å². The van der Waals surface area contributed by atoms with Gasteiger partial charge < -0.3 is 4.40 Å². The number of imidazole rings is 1. The first kappa shape index (κ1) is 10.7. The zero-order chi connectivity index (χ0) is 12.4. The molecule has 0 aliphatic carbocycles. The Kier molecular flexibility index (Phi) is 2.65. The molecule has 0 N–H and O–H groups in total. The number of hydrogen-bond acceptors (Lipinski definition) is 2. The highest BCUT2D eigenvalue weighted by Gasteiger charge is 2.03. The number of benzene rings is 1. The van der Waals surface area contributed by atoms with Gasteiger partial charge in [-0.2, -0.15) is 0 Å². The van der Waals surface area contributed by atoms with Crippen molar-refractivity contribution in [2.45, 2.75) is 6.42 Å². The summed E-state index contributed by atoms with van der Waals surface area (Å²) >= 11 is 0. The third kappa shape index (κ3) is 2.02. The zero-order valence-corrected chi connectivity index (χ0v) is 9.78. The van der Waals surface area contributed by atoms with Gasteiger partial charge in [-0.1, -0.05) is 30.3 Å². The first-order valence-corrected chi connectivity index (χ1v) is 5.82. The smallest absolute Gasteiger partial charge is 0.150 e. The molecule has 0 atom stereocenters. The maximum absolute atomic E-state index is 10.7. The monoisotopic (exact) mass is 236 g/mol. The van der Waals surface area contributed by atoms with E-state index in [1.54, 1.807) is 12.1 Å². The van der Waals surface area contributed by atoms with Crippen LogP contribution in [0.5, 0.6) is 0 Å². The van der Waals surface area contributed by atoms with Crippen molar-refractivity contribution in [3.63, 3.8) is 0 Å². The summed E-state index contributed by atoms with van der Waals surface area (Å²) in [6.45, 7) is 0. The predicted octanol–water partition coefficient (Wildman–Crippen LogP) is 2.74. The van der Waals surface area contributed by atoms with E-state index < -0.39 is 0 Å². The van der Waals surface area contributed by atoms with Crippen molar-refractivity contribution in [2.75, 3.05) is 0 Å². The van der Waals surface area contributed by atoms with Crippen molar-refractivity contribution in [3.05, 3.63) is 71.7 Å². The normalized spacial score (nSPS) is 10.7. The number of carbonyl (C=O) groups excluding carboxylic acids is 1. The Morgan fingerprint density at radius 3 is 2.78 bits per heavy atom. The summed E-state index contributed by atoms with van der Waals surface area (Å²) in [7, 11) is 0. The van der Waals surface area contributed by atoms with Crippen LogP contribution in [0.1, 0.15) is 21.6 Å². The molecule has 88 valence electrons. The van der Waals surface area contributed by atoms with Crippen LogP contribution in [-0.4, -0.2) is 15.7 Å². The molecule has 0 saturated heterocycles. The molecule has 3 aromatic rings. The van der Waals surface area contributed by atoms with Gasteiger partial charge in [0.1, 0.15) is 11.9 Å². The maximum Gasteiger partial charge on any atom is 0.150 e. The number of pyridine rings is 1. The molecule has 18 heavy (non-hydrogen) atoms. The molecule has 2 heterocycles. The van der Waals surface area contributed by atoms with Crippen LogP contribution in [0.3, 0.4) is 0 Å². The SMILES string of the molecule is O=Cc1ccn2cc(Cc3ccccc3)nc2c1. The van der Waals surface area contributed by atoms with Gasteiger partial charge in [0, 0.05) is 24.4 Å². The average molecular weight is 236 g/mol.